The van der Waals surface area contributed by atoms with Crippen molar-refractivity contribution in [2.24, 2.45) is 5.41 Å². The molecule has 0 aromatic carbocycles. The fourth-order valence-electron chi connectivity index (χ4n) is 1.68. The summed E-state index contributed by atoms with van der Waals surface area (Å²) in [5, 5.41) is 0. The van der Waals surface area contributed by atoms with Gasteiger partial charge in [-0.1, -0.05) is 33.6 Å². The summed E-state index contributed by atoms with van der Waals surface area (Å²) in [5.74, 6) is 0. The standard InChI is InChI=1S/C10H19O2/c1-4-6-10(3,7-5-2)8-12-9-11/h4-8H2,1-3H3. The Balaban J connectivity index is 3.88. The summed E-state index contributed by atoms with van der Waals surface area (Å²) >= 11 is 0. The van der Waals surface area contributed by atoms with Gasteiger partial charge >= 0.3 is 6.47 Å². The monoisotopic (exact) mass is 171 g/mol. The van der Waals surface area contributed by atoms with Crippen molar-refractivity contribution in [2.45, 2.75) is 46.5 Å². The Labute approximate surface area is 75.3 Å². The van der Waals surface area contributed by atoms with Gasteiger partial charge in [-0.25, -0.2) is 4.79 Å². The van der Waals surface area contributed by atoms with E-state index in [9.17, 15) is 4.79 Å². The van der Waals surface area contributed by atoms with Gasteiger partial charge in [0, 0.05) is 5.41 Å². The van der Waals surface area contributed by atoms with Crippen LogP contribution in [0.2, 0.25) is 0 Å². The molecule has 0 unspecified atom stereocenters. The van der Waals surface area contributed by atoms with Crippen LogP contribution < -0.4 is 0 Å². The Kier molecular flexibility index (Phi) is 5.77. The molecular weight excluding hydrogens is 152 g/mol. The van der Waals surface area contributed by atoms with E-state index >= 15 is 0 Å². The van der Waals surface area contributed by atoms with Gasteiger partial charge in [-0.3, -0.25) is 0 Å². The lowest BCUT2D eigenvalue weighted by Crippen LogP contribution is -2.22. The van der Waals surface area contributed by atoms with Crippen LogP contribution in [-0.2, 0) is 9.53 Å². The predicted octanol–water partition coefficient (Wildman–Crippen LogP) is 2.68. The zero-order valence-electron chi connectivity index (χ0n) is 8.35. The fraction of sp³-hybridized carbons (Fsp3) is 0.900. The first-order valence-corrected chi connectivity index (χ1v) is 4.67. The van der Waals surface area contributed by atoms with Crippen LogP contribution in [0.5, 0.6) is 0 Å². The highest BCUT2D eigenvalue weighted by atomic mass is 16.5. The maximum atomic E-state index is 9.91. The van der Waals surface area contributed by atoms with E-state index in [2.05, 4.69) is 20.8 Å². The highest BCUT2D eigenvalue weighted by Crippen LogP contribution is 2.28. The van der Waals surface area contributed by atoms with Crippen LogP contribution in [0.25, 0.3) is 0 Å². The molecule has 0 N–H and O–H groups in total. The molecule has 2 nitrogen and oxygen atoms in total. The van der Waals surface area contributed by atoms with Gasteiger partial charge in [-0.05, 0) is 12.8 Å². The maximum Gasteiger partial charge on any atom is 0.417 e. The Hall–Kier alpha value is -0.530. The summed E-state index contributed by atoms with van der Waals surface area (Å²) in [6.45, 7) is 8.47. The van der Waals surface area contributed by atoms with E-state index in [1.165, 1.54) is 6.47 Å². The quantitative estimate of drug-likeness (QED) is 0.588. The summed E-state index contributed by atoms with van der Waals surface area (Å²) < 4.78 is 4.70. The minimum Gasteiger partial charge on any atom is -0.457 e. The van der Waals surface area contributed by atoms with Crippen LogP contribution in [-0.4, -0.2) is 13.1 Å². The van der Waals surface area contributed by atoms with Gasteiger partial charge < -0.3 is 4.74 Å². The highest BCUT2D eigenvalue weighted by molar-refractivity contribution is 5.38. The third-order valence-corrected chi connectivity index (χ3v) is 2.19. The lowest BCUT2D eigenvalue weighted by Gasteiger charge is -2.27. The number of hydrogen-bond acceptors (Lipinski definition) is 2. The first-order valence-electron chi connectivity index (χ1n) is 4.67. The topological polar surface area (TPSA) is 26.3 Å². The molecule has 0 spiro atoms. The van der Waals surface area contributed by atoms with Crippen molar-refractivity contribution < 1.29 is 9.53 Å². The van der Waals surface area contributed by atoms with E-state index < -0.39 is 0 Å². The van der Waals surface area contributed by atoms with Crippen molar-refractivity contribution in [1.82, 2.24) is 0 Å². The zero-order valence-corrected chi connectivity index (χ0v) is 8.35. The van der Waals surface area contributed by atoms with Gasteiger partial charge in [0.05, 0.1) is 6.61 Å². The van der Waals surface area contributed by atoms with E-state index in [-0.39, 0.29) is 5.41 Å². The summed E-state index contributed by atoms with van der Waals surface area (Å²) in [6.07, 6.45) is 4.50. The lowest BCUT2D eigenvalue weighted by atomic mass is 9.82. The third-order valence-electron chi connectivity index (χ3n) is 2.19. The van der Waals surface area contributed by atoms with Crippen LogP contribution in [0.3, 0.4) is 0 Å². The normalized spacial score (nSPS) is 11.2. The second-order valence-corrected chi connectivity index (χ2v) is 3.68. The summed E-state index contributed by atoms with van der Waals surface area (Å²) in [4.78, 5) is 9.91. The molecule has 0 aromatic rings. The highest BCUT2D eigenvalue weighted by Gasteiger charge is 2.22. The molecule has 0 aliphatic carbocycles. The SMILES string of the molecule is CCCC(C)(CCC)CO[C]=O. The van der Waals surface area contributed by atoms with Gasteiger partial charge in [0.25, 0.3) is 0 Å². The molecule has 0 amide bonds. The van der Waals surface area contributed by atoms with Gasteiger partial charge in [-0.2, -0.15) is 0 Å². The average molecular weight is 171 g/mol. The molecule has 0 aliphatic heterocycles. The van der Waals surface area contributed by atoms with E-state index in [0.717, 1.165) is 25.7 Å². The molecule has 0 fully saturated rings. The predicted molar refractivity (Wildman–Crippen MR) is 49.6 cm³/mol. The van der Waals surface area contributed by atoms with Gasteiger partial charge in [-0.15, -0.1) is 0 Å². The summed E-state index contributed by atoms with van der Waals surface area (Å²) in [6, 6.07) is 0. The second kappa shape index (κ2) is 6.04. The van der Waals surface area contributed by atoms with Crippen LogP contribution in [0.1, 0.15) is 46.5 Å². The van der Waals surface area contributed by atoms with Crippen molar-refractivity contribution >= 4 is 6.47 Å². The number of rotatable bonds is 7. The summed E-state index contributed by atoms with van der Waals surface area (Å²) in [7, 11) is 0. The van der Waals surface area contributed by atoms with E-state index in [0.29, 0.717) is 6.61 Å². The van der Waals surface area contributed by atoms with E-state index in [4.69, 9.17) is 4.74 Å². The third kappa shape index (κ3) is 4.37. The lowest BCUT2D eigenvalue weighted by molar-refractivity contribution is 0.125. The van der Waals surface area contributed by atoms with Crippen LogP contribution in [0.15, 0.2) is 0 Å². The molecule has 0 atom stereocenters. The largest absolute Gasteiger partial charge is 0.457 e. The smallest absolute Gasteiger partial charge is 0.417 e. The Morgan fingerprint density at radius 3 is 2.08 bits per heavy atom. The minimum absolute atomic E-state index is 0.168. The van der Waals surface area contributed by atoms with Crippen molar-refractivity contribution in [3.63, 3.8) is 0 Å². The van der Waals surface area contributed by atoms with E-state index in [1.54, 1.807) is 0 Å². The van der Waals surface area contributed by atoms with Crippen LogP contribution in [0.4, 0.5) is 0 Å². The Morgan fingerprint density at radius 1 is 1.25 bits per heavy atom. The van der Waals surface area contributed by atoms with Crippen molar-refractivity contribution in [2.75, 3.05) is 6.61 Å². The zero-order chi connectivity index (χ0) is 9.45. The first kappa shape index (κ1) is 11.5. The number of carbonyl (C=O) groups excluding carboxylic acids is 1. The molecule has 0 aliphatic rings. The van der Waals surface area contributed by atoms with Crippen molar-refractivity contribution in [3.05, 3.63) is 0 Å². The van der Waals surface area contributed by atoms with E-state index in [1.807, 2.05) is 0 Å². The molecule has 0 aromatic heterocycles. The molecule has 0 rings (SSSR count). The van der Waals surface area contributed by atoms with Gasteiger partial charge in [0.2, 0.25) is 0 Å². The molecule has 0 bridgehead atoms. The summed E-state index contributed by atoms with van der Waals surface area (Å²) in [5.41, 5.74) is 0.168. The van der Waals surface area contributed by atoms with Crippen LogP contribution in [0, 0.1) is 5.41 Å². The molecule has 2 heteroatoms. The van der Waals surface area contributed by atoms with Crippen LogP contribution >= 0.6 is 0 Å². The van der Waals surface area contributed by atoms with Gasteiger partial charge in [0.15, 0.2) is 0 Å². The number of hydrogen-bond donors (Lipinski definition) is 0. The molecule has 71 valence electrons. The Bertz CT molecular complexity index is 115. The molecule has 0 saturated carbocycles. The average Bonchev–Trinajstić information content (AvgIpc) is 2.02. The van der Waals surface area contributed by atoms with Gasteiger partial charge in [0.1, 0.15) is 0 Å². The molecular formula is C10H19O2. The first-order chi connectivity index (χ1) is 5.68. The number of ether oxygens (including phenoxy) is 1. The second-order valence-electron chi connectivity index (χ2n) is 3.68. The molecule has 1 radical (unpaired) electrons. The molecule has 0 saturated heterocycles. The molecule has 12 heavy (non-hydrogen) atoms. The Morgan fingerprint density at radius 2 is 1.75 bits per heavy atom. The van der Waals surface area contributed by atoms with Crippen molar-refractivity contribution in [3.8, 4) is 0 Å². The minimum atomic E-state index is 0.168. The molecule has 0 heterocycles. The fourth-order valence-corrected chi connectivity index (χ4v) is 1.68. The maximum absolute atomic E-state index is 9.91. The van der Waals surface area contributed by atoms with Crippen molar-refractivity contribution in [1.29, 1.82) is 0 Å².